The Balaban J connectivity index is 1.86. The fourth-order valence-electron chi connectivity index (χ4n) is 2.38. The minimum absolute atomic E-state index is 0.133. The Hall–Kier alpha value is -1.03. The Morgan fingerprint density at radius 1 is 1.52 bits per heavy atom. The standard InChI is InChI=1S/C12H24N6O2S/c1-10(2)13-6-11-4-3-5-18(8-11)21(19,20)16-7-12-14-9-15-17-12/h9-11,13,16H,3-8H2,1-2H3,(H,14,15,17). The molecule has 1 saturated heterocycles. The minimum Gasteiger partial charge on any atom is -0.314 e. The molecule has 0 aromatic carbocycles. The summed E-state index contributed by atoms with van der Waals surface area (Å²) in [5, 5.41) is 9.71. The Morgan fingerprint density at radius 3 is 3.00 bits per heavy atom. The molecule has 2 heterocycles. The van der Waals surface area contributed by atoms with Gasteiger partial charge in [-0.25, -0.2) is 4.98 Å². The lowest BCUT2D eigenvalue weighted by molar-refractivity contribution is 0.254. The number of H-pyrrole nitrogens is 1. The molecule has 21 heavy (non-hydrogen) atoms. The van der Waals surface area contributed by atoms with Crippen molar-refractivity contribution in [3.63, 3.8) is 0 Å². The van der Waals surface area contributed by atoms with E-state index in [9.17, 15) is 8.42 Å². The second kappa shape index (κ2) is 7.30. The van der Waals surface area contributed by atoms with E-state index in [4.69, 9.17) is 0 Å². The Bertz CT molecular complexity index is 516. The zero-order chi connectivity index (χ0) is 15.3. The third-order valence-corrected chi connectivity index (χ3v) is 5.04. The van der Waals surface area contributed by atoms with E-state index in [0.717, 1.165) is 19.4 Å². The first-order valence-corrected chi connectivity index (χ1v) is 8.73. The minimum atomic E-state index is -3.46. The lowest BCUT2D eigenvalue weighted by atomic mass is 9.99. The van der Waals surface area contributed by atoms with E-state index >= 15 is 0 Å². The summed E-state index contributed by atoms with van der Waals surface area (Å²) in [5.41, 5.74) is 0. The van der Waals surface area contributed by atoms with Gasteiger partial charge in [-0.3, -0.25) is 5.10 Å². The third kappa shape index (κ3) is 5.03. The van der Waals surface area contributed by atoms with Crippen molar-refractivity contribution in [1.29, 1.82) is 0 Å². The number of hydrogen-bond donors (Lipinski definition) is 3. The smallest absolute Gasteiger partial charge is 0.279 e. The molecule has 3 N–H and O–H groups in total. The summed E-state index contributed by atoms with van der Waals surface area (Å²) in [6.07, 6.45) is 3.32. The largest absolute Gasteiger partial charge is 0.314 e. The van der Waals surface area contributed by atoms with Gasteiger partial charge in [-0.15, -0.1) is 0 Å². The number of nitrogens with zero attached hydrogens (tertiary/aromatic N) is 3. The van der Waals surface area contributed by atoms with Crippen LogP contribution in [-0.2, 0) is 16.8 Å². The van der Waals surface area contributed by atoms with Crippen LogP contribution in [0, 0.1) is 5.92 Å². The Morgan fingerprint density at radius 2 is 2.33 bits per heavy atom. The van der Waals surface area contributed by atoms with E-state index < -0.39 is 10.2 Å². The van der Waals surface area contributed by atoms with Gasteiger partial charge in [0, 0.05) is 19.1 Å². The van der Waals surface area contributed by atoms with Crippen LogP contribution in [0.2, 0.25) is 0 Å². The highest BCUT2D eigenvalue weighted by molar-refractivity contribution is 7.87. The maximum atomic E-state index is 12.3. The highest BCUT2D eigenvalue weighted by Crippen LogP contribution is 2.18. The number of rotatable bonds is 7. The van der Waals surface area contributed by atoms with Gasteiger partial charge in [0.15, 0.2) is 0 Å². The van der Waals surface area contributed by atoms with Gasteiger partial charge in [0.25, 0.3) is 10.2 Å². The highest BCUT2D eigenvalue weighted by Gasteiger charge is 2.28. The first-order valence-electron chi connectivity index (χ1n) is 7.29. The summed E-state index contributed by atoms with van der Waals surface area (Å²) in [4.78, 5) is 3.91. The zero-order valence-electron chi connectivity index (χ0n) is 12.5. The molecule has 0 amide bonds. The molecule has 0 aliphatic carbocycles. The summed E-state index contributed by atoms with van der Waals surface area (Å²) in [5.74, 6) is 0.872. The Kier molecular flexibility index (Phi) is 5.68. The molecule has 1 atom stereocenters. The molecule has 0 bridgehead atoms. The molecule has 1 fully saturated rings. The van der Waals surface area contributed by atoms with Crippen LogP contribution in [0.5, 0.6) is 0 Å². The van der Waals surface area contributed by atoms with Crippen LogP contribution in [0.25, 0.3) is 0 Å². The molecule has 8 nitrogen and oxygen atoms in total. The number of aromatic nitrogens is 3. The summed E-state index contributed by atoms with van der Waals surface area (Å²) in [6.45, 7) is 6.31. The molecule has 1 aromatic rings. The molecule has 0 saturated carbocycles. The van der Waals surface area contributed by atoms with Crippen LogP contribution >= 0.6 is 0 Å². The summed E-state index contributed by atoms with van der Waals surface area (Å²) in [6, 6.07) is 0.418. The van der Waals surface area contributed by atoms with E-state index in [0.29, 0.717) is 30.9 Å². The molecule has 1 aromatic heterocycles. The van der Waals surface area contributed by atoms with Crippen LogP contribution in [0.4, 0.5) is 0 Å². The van der Waals surface area contributed by atoms with E-state index in [1.807, 2.05) is 0 Å². The molecule has 9 heteroatoms. The van der Waals surface area contributed by atoms with Crippen molar-refractivity contribution in [2.45, 2.75) is 39.3 Å². The van der Waals surface area contributed by atoms with E-state index in [1.165, 1.54) is 10.6 Å². The summed E-state index contributed by atoms with van der Waals surface area (Å²) >= 11 is 0. The predicted molar refractivity (Wildman–Crippen MR) is 79.6 cm³/mol. The summed E-state index contributed by atoms with van der Waals surface area (Å²) in [7, 11) is -3.46. The van der Waals surface area contributed by atoms with Crippen LogP contribution in [0.3, 0.4) is 0 Å². The van der Waals surface area contributed by atoms with E-state index in [2.05, 4.69) is 39.1 Å². The molecule has 120 valence electrons. The third-order valence-electron chi connectivity index (χ3n) is 3.52. The van der Waals surface area contributed by atoms with Crippen molar-refractivity contribution in [2.24, 2.45) is 5.92 Å². The average Bonchev–Trinajstić information content (AvgIpc) is 2.97. The van der Waals surface area contributed by atoms with Gasteiger partial charge in [-0.05, 0) is 25.3 Å². The second-order valence-corrected chi connectivity index (χ2v) is 7.44. The fraction of sp³-hybridized carbons (Fsp3) is 0.833. The molecule has 1 unspecified atom stereocenters. The normalized spacial score (nSPS) is 21.0. The van der Waals surface area contributed by atoms with Gasteiger partial charge in [0.2, 0.25) is 0 Å². The van der Waals surface area contributed by atoms with Crippen molar-refractivity contribution < 1.29 is 8.42 Å². The first-order chi connectivity index (χ1) is 9.97. The van der Waals surface area contributed by atoms with Gasteiger partial charge >= 0.3 is 0 Å². The fourth-order valence-corrected chi connectivity index (χ4v) is 3.66. The molecule has 1 aliphatic rings. The molecular weight excluding hydrogens is 292 g/mol. The van der Waals surface area contributed by atoms with Gasteiger partial charge in [0.05, 0.1) is 6.54 Å². The lowest BCUT2D eigenvalue weighted by Gasteiger charge is -2.32. The highest BCUT2D eigenvalue weighted by atomic mass is 32.2. The van der Waals surface area contributed by atoms with Gasteiger partial charge in [-0.1, -0.05) is 13.8 Å². The van der Waals surface area contributed by atoms with E-state index in [1.54, 1.807) is 0 Å². The maximum absolute atomic E-state index is 12.3. The van der Waals surface area contributed by atoms with Crippen LogP contribution in [0.1, 0.15) is 32.5 Å². The lowest BCUT2D eigenvalue weighted by Crippen LogP contribution is -2.47. The van der Waals surface area contributed by atoms with Crippen LogP contribution in [-0.4, -0.2) is 53.6 Å². The quantitative estimate of drug-likeness (QED) is 0.649. The molecule has 2 rings (SSSR count). The van der Waals surface area contributed by atoms with E-state index in [-0.39, 0.29) is 6.54 Å². The van der Waals surface area contributed by atoms with Crippen molar-refractivity contribution in [1.82, 2.24) is 29.5 Å². The average molecular weight is 316 g/mol. The second-order valence-electron chi connectivity index (χ2n) is 5.69. The first kappa shape index (κ1) is 16.3. The van der Waals surface area contributed by atoms with Crippen LogP contribution < -0.4 is 10.0 Å². The number of piperidine rings is 1. The van der Waals surface area contributed by atoms with Crippen molar-refractivity contribution in [2.75, 3.05) is 19.6 Å². The predicted octanol–water partition coefficient (Wildman–Crippen LogP) is -0.151. The molecule has 0 radical (unpaired) electrons. The zero-order valence-corrected chi connectivity index (χ0v) is 13.4. The monoisotopic (exact) mass is 316 g/mol. The molecule has 0 spiro atoms. The number of hydrogen-bond acceptors (Lipinski definition) is 5. The maximum Gasteiger partial charge on any atom is 0.279 e. The van der Waals surface area contributed by atoms with Gasteiger partial charge in [-0.2, -0.15) is 22.5 Å². The molecular formula is C12H24N6O2S. The number of aromatic amines is 1. The Labute approximate surface area is 125 Å². The topological polar surface area (TPSA) is 103 Å². The van der Waals surface area contributed by atoms with Crippen molar-refractivity contribution in [3.8, 4) is 0 Å². The van der Waals surface area contributed by atoms with Gasteiger partial charge in [0.1, 0.15) is 12.2 Å². The van der Waals surface area contributed by atoms with Crippen molar-refractivity contribution in [3.05, 3.63) is 12.2 Å². The van der Waals surface area contributed by atoms with Crippen molar-refractivity contribution >= 4 is 10.2 Å². The molecule has 1 aliphatic heterocycles. The van der Waals surface area contributed by atoms with Crippen LogP contribution in [0.15, 0.2) is 6.33 Å². The number of nitrogens with one attached hydrogen (secondary N) is 3. The van der Waals surface area contributed by atoms with Gasteiger partial charge < -0.3 is 5.32 Å². The summed E-state index contributed by atoms with van der Waals surface area (Å²) < 4.78 is 28.7. The SMILES string of the molecule is CC(C)NCC1CCCN(S(=O)(=O)NCc2ncn[nH]2)C1.